The number of aliphatic hydroxyl groups is 2. The average molecular weight is 284 g/mol. The van der Waals surface area contributed by atoms with Gasteiger partial charge in [-0.25, -0.2) is 0 Å². The molecule has 1 aliphatic rings. The molecule has 2 rings (SSSR count). The summed E-state index contributed by atoms with van der Waals surface area (Å²) >= 11 is 1.14. The number of hydrogen-bond donors (Lipinski definition) is 2. The second-order valence-electron chi connectivity index (χ2n) is 4.25. The van der Waals surface area contributed by atoms with E-state index in [0.717, 1.165) is 11.8 Å². The van der Waals surface area contributed by atoms with Crippen molar-refractivity contribution < 1.29 is 24.5 Å². The molecule has 0 fully saturated rings. The maximum absolute atomic E-state index is 10.8. The fraction of sp³-hybridized carbons (Fsp3) is 0.462. The van der Waals surface area contributed by atoms with Gasteiger partial charge in [-0.1, -0.05) is 17.8 Å². The Morgan fingerprint density at radius 3 is 2.84 bits per heavy atom. The predicted molar refractivity (Wildman–Crippen MR) is 71.3 cm³/mol. The van der Waals surface area contributed by atoms with Gasteiger partial charge < -0.3 is 19.7 Å². The lowest BCUT2D eigenvalue weighted by Crippen LogP contribution is -2.19. The first kappa shape index (κ1) is 14.2. The van der Waals surface area contributed by atoms with Crippen molar-refractivity contribution in [3.63, 3.8) is 0 Å². The normalized spacial score (nSPS) is 16.2. The first-order chi connectivity index (χ1) is 9.08. The fourth-order valence-corrected chi connectivity index (χ4v) is 2.45. The zero-order valence-corrected chi connectivity index (χ0v) is 11.4. The highest BCUT2D eigenvalue weighted by atomic mass is 32.2. The summed E-state index contributed by atoms with van der Waals surface area (Å²) in [5.74, 6) is 1.69. The van der Waals surface area contributed by atoms with Gasteiger partial charge in [0.2, 0.25) is 6.79 Å². The molecular weight excluding hydrogens is 268 g/mol. The highest BCUT2D eigenvalue weighted by Crippen LogP contribution is 2.35. The molecule has 0 aromatic heterocycles. The summed E-state index contributed by atoms with van der Waals surface area (Å²) < 4.78 is 10.4. The molecule has 0 bridgehead atoms. The number of benzene rings is 1. The minimum atomic E-state index is -0.998. The van der Waals surface area contributed by atoms with E-state index < -0.39 is 12.2 Å². The van der Waals surface area contributed by atoms with Crippen LogP contribution >= 0.6 is 11.8 Å². The van der Waals surface area contributed by atoms with Crippen molar-refractivity contribution in [2.45, 2.75) is 25.6 Å². The summed E-state index contributed by atoms with van der Waals surface area (Å²) in [7, 11) is 0. The van der Waals surface area contributed by atoms with Crippen LogP contribution in [0.4, 0.5) is 0 Å². The molecule has 2 unspecified atom stereocenters. The molecule has 0 radical (unpaired) electrons. The Hall–Kier alpha value is -1.24. The molecule has 1 aromatic rings. The van der Waals surface area contributed by atoms with Crippen LogP contribution in [0.25, 0.3) is 0 Å². The topological polar surface area (TPSA) is 76.0 Å². The molecule has 6 heteroatoms. The Morgan fingerprint density at radius 2 is 2.11 bits per heavy atom. The van der Waals surface area contributed by atoms with Gasteiger partial charge in [0.05, 0.1) is 6.10 Å². The number of carbonyl (C=O) groups excluding carboxylic acids is 1. The van der Waals surface area contributed by atoms with E-state index in [1.807, 2.05) is 0 Å². The predicted octanol–water partition coefficient (Wildman–Crippen LogP) is 1.48. The number of thioether (sulfide) groups is 1. The molecule has 0 saturated carbocycles. The van der Waals surface area contributed by atoms with Crippen molar-refractivity contribution in [3.8, 4) is 11.5 Å². The van der Waals surface area contributed by atoms with E-state index in [-0.39, 0.29) is 11.9 Å². The van der Waals surface area contributed by atoms with Crippen LogP contribution in [0.3, 0.4) is 0 Å². The molecule has 0 aliphatic carbocycles. The third-order valence-corrected chi connectivity index (χ3v) is 3.67. The Bertz CT molecular complexity index is 462. The Kier molecular flexibility index (Phi) is 4.68. The molecule has 19 heavy (non-hydrogen) atoms. The maximum atomic E-state index is 10.8. The van der Waals surface area contributed by atoms with Gasteiger partial charge in [0.1, 0.15) is 6.10 Å². The number of ether oxygens (including phenoxy) is 2. The molecule has 1 heterocycles. The standard InChI is InChI=1S/C13H16O5S/c1-8(14)19-5-4-10(15)13(16)9-2-3-11-12(6-9)18-7-17-11/h2-3,6,10,13,15-16H,4-5,7H2,1H3. The van der Waals surface area contributed by atoms with Gasteiger partial charge in [0.25, 0.3) is 0 Å². The van der Waals surface area contributed by atoms with Gasteiger partial charge >= 0.3 is 0 Å². The van der Waals surface area contributed by atoms with Crippen molar-refractivity contribution in [1.82, 2.24) is 0 Å². The lowest BCUT2D eigenvalue weighted by Gasteiger charge is -2.18. The van der Waals surface area contributed by atoms with Gasteiger partial charge in [-0.05, 0) is 24.1 Å². The second-order valence-corrected chi connectivity index (χ2v) is 5.53. The number of rotatable bonds is 5. The van der Waals surface area contributed by atoms with Gasteiger partial charge in [-0.2, -0.15) is 0 Å². The van der Waals surface area contributed by atoms with Crippen molar-refractivity contribution in [2.75, 3.05) is 12.5 Å². The number of aliphatic hydroxyl groups excluding tert-OH is 2. The van der Waals surface area contributed by atoms with Crippen LogP contribution in [0.15, 0.2) is 18.2 Å². The lowest BCUT2D eigenvalue weighted by atomic mass is 10.0. The summed E-state index contributed by atoms with van der Waals surface area (Å²) in [5, 5.41) is 19.9. The molecule has 0 saturated heterocycles. The SMILES string of the molecule is CC(=O)SCCC(O)C(O)c1ccc2c(c1)OCO2. The third-order valence-electron chi connectivity index (χ3n) is 2.82. The summed E-state index contributed by atoms with van der Waals surface area (Å²) in [5.41, 5.74) is 0.574. The highest BCUT2D eigenvalue weighted by Gasteiger charge is 2.21. The van der Waals surface area contributed by atoms with Crippen LogP contribution in [-0.2, 0) is 4.79 Å². The second kappa shape index (κ2) is 6.27. The smallest absolute Gasteiger partial charge is 0.231 e. The first-order valence-corrected chi connectivity index (χ1v) is 6.95. The van der Waals surface area contributed by atoms with Crippen LogP contribution < -0.4 is 9.47 Å². The quantitative estimate of drug-likeness (QED) is 0.853. The zero-order valence-electron chi connectivity index (χ0n) is 10.5. The molecule has 2 N–H and O–H groups in total. The Morgan fingerprint density at radius 1 is 1.37 bits per heavy atom. The van der Waals surface area contributed by atoms with Crippen molar-refractivity contribution in [3.05, 3.63) is 23.8 Å². The molecule has 1 aromatic carbocycles. The molecule has 0 spiro atoms. The average Bonchev–Trinajstić information content (AvgIpc) is 2.84. The van der Waals surface area contributed by atoms with E-state index in [2.05, 4.69) is 0 Å². The minimum absolute atomic E-state index is 0.00442. The third kappa shape index (κ3) is 3.62. The number of fused-ring (bicyclic) bond motifs is 1. The van der Waals surface area contributed by atoms with E-state index in [4.69, 9.17) is 9.47 Å². The van der Waals surface area contributed by atoms with Crippen LogP contribution in [0.1, 0.15) is 25.0 Å². The van der Waals surface area contributed by atoms with E-state index >= 15 is 0 Å². The highest BCUT2D eigenvalue weighted by molar-refractivity contribution is 8.13. The fourth-order valence-electron chi connectivity index (χ4n) is 1.80. The van der Waals surface area contributed by atoms with E-state index in [0.29, 0.717) is 29.2 Å². The van der Waals surface area contributed by atoms with E-state index in [1.165, 1.54) is 6.92 Å². The summed E-state index contributed by atoms with van der Waals surface area (Å²) in [6, 6.07) is 5.06. The van der Waals surface area contributed by atoms with Gasteiger partial charge in [0.15, 0.2) is 16.6 Å². The van der Waals surface area contributed by atoms with E-state index in [1.54, 1.807) is 18.2 Å². The lowest BCUT2D eigenvalue weighted by molar-refractivity contribution is -0.109. The van der Waals surface area contributed by atoms with Crippen molar-refractivity contribution in [2.24, 2.45) is 0 Å². The molecule has 5 nitrogen and oxygen atoms in total. The van der Waals surface area contributed by atoms with Gasteiger partial charge in [-0.3, -0.25) is 4.79 Å². The summed E-state index contributed by atoms with van der Waals surface area (Å²) in [6.07, 6.45) is -1.56. The van der Waals surface area contributed by atoms with Gasteiger partial charge in [0, 0.05) is 12.7 Å². The molecular formula is C13H16O5S. The van der Waals surface area contributed by atoms with Crippen LogP contribution in [0, 0.1) is 0 Å². The largest absolute Gasteiger partial charge is 0.454 e. The molecule has 2 atom stereocenters. The number of carbonyl (C=O) groups is 1. The molecule has 0 amide bonds. The minimum Gasteiger partial charge on any atom is -0.454 e. The monoisotopic (exact) mass is 284 g/mol. The summed E-state index contributed by atoms with van der Waals surface area (Å²) in [4.78, 5) is 10.8. The van der Waals surface area contributed by atoms with Gasteiger partial charge in [-0.15, -0.1) is 0 Å². The van der Waals surface area contributed by atoms with Crippen LogP contribution in [-0.4, -0.2) is 34.0 Å². The van der Waals surface area contributed by atoms with Crippen molar-refractivity contribution >= 4 is 16.9 Å². The van der Waals surface area contributed by atoms with Crippen LogP contribution in [0.2, 0.25) is 0 Å². The first-order valence-electron chi connectivity index (χ1n) is 5.97. The van der Waals surface area contributed by atoms with Crippen LogP contribution in [0.5, 0.6) is 11.5 Å². The molecule has 1 aliphatic heterocycles. The molecule has 104 valence electrons. The maximum Gasteiger partial charge on any atom is 0.231 e. The summed E-state index contributed by atoms with van der Waals surface area (Å²) in [6.45, 7) is 1.65. The van der Waals surface area contributed by atoms with Crippen molar-refractivity contribution in [1.29, 1.82) is 0 Å². The number of hydrogen-bond acceptors (Lipinski definition) is 6. The van der Waals surface area contributed by atoms with E-state index in [9.17, 15) is 15.0 Å². The zero-order chi connectivity index (χ0) is 13.8. The Balaban J connectivity index is 1.94. The Labute approximate surface area is 115 Å².